The molecule has 0 aliphatic carbocycles. The van der Waals surface area contributed by atoms with Crippen LogP contribution in [0.25, 0.3) is 0 Å². The minimum atomic E-state index is -3.60. The van der Waals surface area contributed by atoms with Gasteiger partial charge in [0.15, 0.2) is 0 Å². The van der Waals surface area contributed by atoms with E-state index >= 15 is 0 Å². The molecule has 0 unspecified atom stereocenters. The van der Waals surface area contributed by atoms with Gasteiger partial charge in [0, 0.05) is 19.2 Å². The molecule has 0 radical (unpaired) electrons. The maximum absolute atomic E-state index is 11.7. The van der Waals surface area contributed by atoms with Crippen LogP contribution in [-0.4, -0.2) is 38.2 Å². The highest BCUT2D eigenvalue weighted by Crippen LogP contribution is 2.22. The van der Waals surface area contributed by atoms with Gasteiger partial charge in [-0.3, -0.25) is 13.9 Å². The predicted molar refractivity (Wildman–Crippen MR) is 75.2 cm³/mol. The second-order valence-electron chi connectivity index (χ2n) is 4.21. The van der Waals surface area contributed by atoms with Gasteiger partial charge in [-0.05, 0) is 18.2 Å². The molecule has 0 fully saturated rings. The summed E-state index contributed by atoms with van der Waals surface area (Å²) in [4.78, 5) is 21.6. The molecule has 0 saturated carbocycles. The molecule has 0 bridgehead atoms. The van der Waals surface area contributed by atoms with E-state index in [2.05, 4.69) is 5.32 Å². The van der Waals surface area contributed by atoms with Crippen molar-refractivity contribution < 1.29 is 23.1 Å². The molecule has 1 aromatic carbocycles. The Morgan fingerprint density at radius 2 is 2.00 bits per heavy atom. The molecule has 1 aromatic rings. The predicted octanol–water partition coefficient (Wildman–Crippen LogP) is 0.886. The Morgan fingerprint density at radius 3 is 2.50 bits per heavy atom. The minimum Gasteiger partial charge on any atom is -0.481 e. The van der Waals surface area contributed by atoms with Gasteiger partial charge in [0.25, 0.3) is 0 Å². The first kappa shape index (κ1) is 16.0. The summed E-state index contributed by atoms with van der Waals surface area (Å²) in [5, 5.41) is 11.2. The normalized spacial score (nSPS) is 10.9. The lowest BCUT2D eigenvalue weighted by Gasteiger charge is -2.22. The van der Waals surface area contributed by atoms with Crippen LogP contribution < -0.4 is 9.62 Å². The van der Waals surface area contributed by atoms with Crippen molar-refractivity contribution in [1.82, 2.24) is 0 Å². The Morgan fingerprint density at radius 1 is 1.35 bits per heavy atom. The van der Waals surface area contributed by atoms with Gasteiger partial charge < -0.3 is 10.4 Å². The molecule has 1 amide bonds. The van der Waals surface area contributed by atoms with E-state index in [0.29, 0.717) is 11.4 Å². The standard InChI is InChI=1S/C12H16N2O5S/c1-9(15)13-10-4-3-5-11(8-10)14(20(2,18)19)7-6-12(16)17/h3-5,8H,6-7H2,1-2H3,(H,13,15)(H,16,17). The number of amides is 1. The molecule has 0 heterocycles. The van der Waals surface area contributed by atoms with Crippen LogP contribution in [0.3, 0.4) is 0 Å². The van der Waals surface area contributed by atoms with Gasteiger partial charge in [0.1, 0.15) is 0 Å². The van der Waals surface area contributed by atoms with Gasteiger partial charge in [0.2, 0.25) is 15.9 Å². The number of carboxylic acids is 1. The largest absolute Gasteiger partial charge is 0.481 e. The third kappa shape index (κ3) is 4.88. The third-order valence-corrected chi connectivity index (χ3v) is 3.58. The summed E-state index contributed by atoms with van der Waals surface area (Å²) in [7, 11) is -3.60. The Kier molecular flexibility index (Phi) is 5.09. The topological polar surface area (TPSA) is 104 Å². The summed E-state index contributed by atoms with van der Waals surface area (Å²) >= 11 is 0. The first-order valence-electron chi connectivity index (χ1n) is 5.77. The lowest BCUT2D eigenvalue weighted by Crippen LogP contribution is -2.32. The molecule has 0 atom stereocenters. The first-order chi connectivity index (χ1) is 9.20. The molecule has 1 rings (SSSR count). The van der Waals surface area contributed by atoms with Crippen LogP contribution in [0.15, 0.2) is 24.3 Å². The molecular formula is C12H16N2O5S. The highest BCUT2D eigenvalue weighted by molar-refractivity contribution is 7.92. The summed E-state index contributed by atoms with van der Waals surface area (Å²) in [6, 6.07) is 6.21. The number of nitrogens with zero attached hydrogens (tertiary/aromatic N) is 1. The van der Waals surface area contributed by atoms with E-state index in [4.69, 9.17) is 5.11 Å². The quantitative estimate of drug-likeness (QED) is 0.812. The number of hydrogen-bond donors (Lipinski definition) is 2. The number of carbonyl (C=O) groups is 2. The van der Waals surface area contributed by atoms with Crippen molar-refractivity contribution in [2.24, 2.45) is 0 Å². The number of hydrogen-bond acceptors (Lipinski definition) is 4. The fourth-order valence-electron chi connectivity index (χ4n) is 1.63. The minimum absolute atomic E-state index is 0.169. The number of benzene rings is 1. The van der Waals surface area contributed by atoms with Crippen molar-refractivity contribution in [1.29, 1.82) is 0 Å². The van der Waals surface area contributed by atoms with Crippen molar-refractivity contribution in [3.63, 3.8) is 0 Å². The monoisotopic (exact) mass is 300 g/mol. The SMILES string of the molecule is CC(=O)Nc1cccc(N(CCC(=O)O)S(C)(=O)=O)c1. The Bertz CT molecular complexity index is 612. The lowest BCUT2D eigenvalue weighted by molar-refractivity contribution is -0.136. The number of carbonyl (C=O) groups excluding carboxylic acids is 1. The molecular weight excluding hydrogens is 284 g/mol. The molecule has 20 heavy (non-hydrogen) atoms. The molecule has 8 heteroatoms. The van der Waals surface area contributed by atoms with E-state index in [1.54, 1.807) is 12.1 Å². The molecule has 0 spiro atoms. The summed E-state index contributed by atoms with van der Waals surface area (Å²) in [5.74, 6) is -1.37. The molecule has 0 aliphatic rings. The second-order valence-corrected chi connectivity index (χ2v) is 6.12. The van der Waals surface area contributed by atoms with E-state index in [0.717, 1.165) is 10.6 Å². The van der Waals surface area contributed by atoms with Gasteiger partial charge in [-0.1, -0.05) is 6.07 Å². The maximum atomic E-state index is 11.7. The maximum Gasteiger partial charge on any atom is 0.305 e. The fraction of sp³-hybridized carbons (Fsp3) is 0.333. The van der Waals surface area contributed by atoms with Gasteiger partial charge in [0.05, 0.1) is 18.4 Å². The molecule has 2 N–H and O–H groups in total. The number of sulfonamides is 1. The summed E-state index contributed by atoms with van der Waals surface area (Å²) < 4.78 is 24.4. The number of carboxylic acid groups (broad SMARTS) is 1. The zero-order valence-electron chi connectivity index (χ0n) is 11.2. The van der Waals surface area contributed by atoms with Crippen molar-refractivity contribution in [2.75, 3.05) is 22.4 Å². The molecule has 7 nitrogen and oxygen atoms in total. The average Bonchev–Trinajstić information content (AvgIpc) is 2.26. The highest BCUT2D eigenvalue weighted by Gasteiger charge is 2.18. The lowest BCUT2D eigenvalue weighted by atomic mass is 10.2. The first-order valence-corrected chi connectivity index (χ1v) is 7.62. The summed E-state index contributed by atoms with van der Waals surface area (Å²) in [5.41, 5.74) is 0.749. The highest BCUT2D eigenvalue weighted by atomic mass is 32.2. The molecule has 110 valence electrons. The van der Waals surface area contributed by atoms with Crippen LogP contribution in [0, 0.1) is 0 Å². The third-order valence-electron chi connectivity index (χ3n) is 2.38. The van der Waals surface area contributed by atoms with Crippen LogP contribution in [0.1, 0.15) is 13.3 Å². The van der Waals surface area contributed by atoms with Crippen LogP contribution in [-0.2, 0) is 19.6 Å². The van der Waals surface area contributed by atoms with Crippen molar-refractivity contribution in [2.45, 2.75) is 13.3 Å². The smallest absolute Gasteiger partial charge is 0.305 e. The second kappa shape index (κ2) is 6.38. The number of anilines is 2. The number of rotatable bonds is 6. The van der Waals surface area contributed by atoms with Gasteiger partial charge in [-0.25, -0.2) is 8.42 Å². The molecule has 0 aromatic heterocycles. The summed E-state index contributed by atoms with van der Waals surface area (Å²) in [6.45, 7) is 1.17. The Labute approximate surface area is 117 Å². The van der Waals surface area contributed by atoms with Gasteiger partial charge in [-0.2, -0.15) is 0 Å². The zero-order chi connectivity index (χ0) is 15.3. The van der Waals surface area contributed by atoms with Crippen LogP contribution >= 0.6 is 0 Å². The Hall–Kier alpha value is -2.09. The van der Waals surface area contributed by atoms with E-state index in [9.17, 15) is 18.0 Å². The van der Waals surface area contributed by atoms with Gasteiger partial charge >= 0.3 is 5.97 Å². The van der Waals surface area contributed by atoms with Crippen LogP contribution in [0.4, 0.5) is 11.4 Å². The number of aliphatic carboxylic acids is 1. The molecule has 0 aliphatic heterocycles. The van der Waals surface area contributed by atoms with Crippen molar-refractivity contribution in [3.05, 3.63) is 24.3 Å². The zero-order valence-corrected chi connectivity index (χ0v) is 12.0. The summed E-state index contributed by atoms with van der Waals surface area (Å²) in [6.07, 6.45) is 0.692. The van der Waals surface area contributed by atoms with E-state index in [1.165, 1.54) is 19.1 Å². The van der Waals surface area contributed by atoms with E-state index < -0.39 is 16.0 Å². The average molecular weight is 300 g/mol. The van der Waals surface area contributed by atoms with Crippen molar-refractivity contribution >= 4 is 33.3 Å². The van der Waals surface area contributed by atoms with Crippen molar-refractivity contribution in [3.8, 4) is 0 Å². The Balaban J connectivity index is 3.07. The van der Waals surface area contributed by atoms with Crippen LogP contribution in [0.5, 0.6) is 0 Å². The molecule has 0 saturated heterocycles. The van der Waals surface area contributed by atoms with Crippen LogP contribution in [0.2, 0.25) is 0 Å². The van der Waals surface area contributed by atoms with E-state index in [1.807, 2.05) is 0 Å². The van der Waals surface area contributed by atoms with Gasteiger partial charge in [-0.15, -0.1) is 0 Å². The number of nitrogens with one attached hydrogen (secondary N) is 1. The van der Waals surface area contributed by atoms with E-state index in [-0.39, 0.29) is 18.9 Å². The fourth-order valence-corrected chi connectivity index (χ4v) is 2.55.